The number of piperidine rings is 3. The Labute approximate surface area is 297 Å². The summed E-state index contributed by atoms with van der Waals surface area (Å²) in [4.78, 5) is 31.7. The molecule has 3 saturated heterocycles. The van der Waals surface area contributed by atoms with Gasteiger partial charge in [-0.1, -0.05) is 41.4 Å². The SMILES string of the molecule is COc1ccc([C@H](Cc2c(Cl)c[n+]([O-])cc2Cl)OC(=O)c2ccc(CN(C(=O)O[C@@H]3CN4CCC3CC4)c3ccccc3F)s2)cc1OC. The van der Waals surface area contributed by atoms with Crippen LogP contribution in [0, 0.1) is 16.9 Å². The molecule has 3 aliphatic heterocycles. The average Bonchev–Trinajstić information content (AvgIpc) is 3.57. The molecule has 0 saturated carbocycles. The van der Waals surface area contributed by atoms with E-state index >= 15 is 4.39 Å². The number of ether oxygens (including phenoxy) is 4. The smallest absolute Gasteiger partial charge is 0.415 e. The predicted molar refractivity (Wildman–Crippen MR) is 183 cm³/mol. The number of esters is 1. The minimum atomic E-state index is -0.901. The van der Waals surface area contributed by atoms with E-state index in [1.54, 1.807) is 42.5 Å². The number of carbonyl (C=O) groups excluding carboxylic acids is 2. The first kappa shape index (κ1) is 34.8. The van der Waals surface area contributed by atoms with Crippen LogP contribution in [0.1, 0.15) is 44.6 Å². The van der Waals surface area contributed by atoms with Crippen LogP contribution in [-0.2, 0) is 22.4 Å². The van der Waals surface area contributed by atoms with Crippen molar-refractivity contribution in [3.8, 4) is 11.5 Å². The Morgan fingerprint density at radius 3 is 2.41 bits per heavy atom. The standard InChI is InChI=1S/C35H34Cl2FN3O7S/c1-45-29-9-7-22(15-31(29)46-2)30(16-24-25(36)18-40(44)19-26(24)37)47-34(42)33-10-8-23(49-33)17-41(28-6-4-3-5-27(28)38)35(43)48-32-20-39-13-11-21(32)12-14-39/h3-10,15,18-19,21,30,32H,11-14,16-17,20H2,1-2H3/t30-,32+/m0/s1. The second-order valence-corrected chi connectivity index (χ2v) is 13.9. The lowest BCUT2D eigenvalue weighted by atomic mass is 9.86. The summed E-state index contributed by atoms with van der Waals surface area (Å²) < 4.78 is 38.4. The van der Waals surface area contributed by atoms with Crippen LogP contribution >= 0.6 is 34.5 Å². The van der Waals surface area contributed by atoms with Gasteiger partial charge in [0.1, 0.15) is 32.9 Å². The van der Waals surface area contributed by atoms with Gasteiger partial charge in [0.05, 0.1) is 26.5 Å². The van der Waals surface area contributed by atoms with Gasteiger partial charge in [0.15, 0.2) is 23.9 Å². The summed E-state index contributed by atoms with van der Waals surface area (Å²) in [6.45, 7) is 2.61. The van der Waals surface area contributed by atoms with Gasteiger partial charge >= 0.3 is 12.1 Å². The summed E-state index contributed by atoms with van der Waals surface area (Å²) in [6, 6.07) is 14.4. The summed E-state index contributed by atoms with van der Waals surface area (Å²) in [6.07, 6.45) is 2.49. The van der Waals surface area contributed by atoms with Crippen molar-refractivity contribution in [1.29, 1.82) is 0 Å². The van der Waals surface area contributed by atoms with Crippen molar-refractivity contribution in [1.82, 2.24) is 4.90 Å². The average molecular weight is 731 g/mol. The van der Waals surface area contributed by atoms with Crippen LogP contribution in [0.5, 0.6) is 11.5 Å². The Bertz CT molecular complexity index is 1810. The molecular weight excluding hydrogens is 696 g/mol. The van der Waals surface area contributed by atoms with Crippen molar-refractivity contribution in [3.63, 3.8) is 0 Å². The molecule has 3 aliphatic rings. The summed E-state index contributed by atoms with van der Waals surface area (Å²) in [5, 5.41) is 12.1. The second kappa shape index (κ2) is 15.2. The Balaban J connectivity index is 1.24. The highest BCUT2D eigenvalue weighted by atomic mass is 35.5. The summed E-state index contributed by atoms with van der Waals surface area (Å²) in [5.41, 5.74) is 1.06. The van der Waals surface area contributed by atoms with Crippen molar-refractivity contribution in [3.05, 3.63) is 109 Å². The number of benzene rings is 2. The number of thiophene rings is 1. The predicted octanol–water partition coefficient (Wildman–Crippen LogP) is 7.22. The number of carbonyl (C=O) groups is 2. The van der Waals surface area contributed by atoms with Gasteiger partial charge in [-0.05, 0) is 73.8 Å². The lowest BCUT2D eigenvalue weighted by Gasteiger charge is -2.44. The van der Waals surface area contributed by atoms with Gasteiger partial charge in [-0.15, -0.1) is 11.3 Å². The topological polar surface area (TPSA) is 104 Å². The number of hydrogen-bond acceptors (Lipinski definition) is 9. The molecule has 5 heterocycles. The monoisotopic (exact) mass is 729 g/mol. The van der Waals surface area contributed by atoms with E-state index in [4.69, 9.17) is 42.1 Å². The second-order valence-electron chi connectivity index (χ2n) is 11.9. The number of fused-ring (bicyclic) bond motifs is 3. The lowest BCUT2D eigenvalue weighted by Crippen LogP contribution is -2.53. The highest BCUT2D eigenvalue weighted by molar-refractivity contribution is 7.14. The number of amides is 1. The van der Waals surface area contributed by atoms with Gasteiger partial charge < -0.3 is 24.2 Å². The van der Waals surface area contributed by atoms with Crippen LogP contribution in [0.2, 0.25) is 10.0 Å². The van der Waals surface area contributed by atoms with E-state index in [2.05, 4.69) is 4.90 Å². The zero-order chi connectivity index (χ0) is 34.7. The number of methoxy groups -OCH3 is 2. The van der Waals surface area contributed by atoms with Crippen molar-refractivity contribution in [2.24, 2.45) is 5.92 Å². The summed E-state index contributed by atoms with van der Waals surface area (Å²) in [5.74, 6) is -0.0392. The first-order valence-corrected chi connectivity index (χ1v) is 17.2. The molecule has 2 atom stereocenters. The number of rotatable bonds is 11. The molecule has 2 bridgehead atoms. The van der Waals surface area contributed by atoms with Gasteiger partial charge in [-0.2, -0.15) is 4.73 Å². The number of hydrogen-bond donors (Lipinski definition) is 0. The fourth-order valence-corrected chi connectivity index (χ4v) is 7.74. The normalized spacial score (nSPS) is 18.8. The third-order valence-corrected chi connectivity index (χ3v) is 10.6. The Morgan fingerprint density at radius 2 is 1.76 bits per heavy atom. The summed E-state index contributed by atoms with van der Waals surface area (Å²) in [7, 11) is 3.00. The molecular formula is C35H34Cl2FN3O7S. The molecule has 7 rings (SSSR count). The quantitative estimate of drug-likeness (QED) is 0.0906. The van der Waals surface area contributed by atoms with Gasteiger partial charge in [0.2, 0.25) is 0 Å². The highest BCUT2D eigenvalue weighted by Crippen LogP contribution is 2.36. The summed E-state index contributed by atoms with van der Waals surface area (Å²) >= 11 is 13.9. The number of halogens is 3. The lowest BCUT2D eigenvalue weighted by molar-refractivity contribution is -0.605. The molecule has 0 spiro atoms. The number of pyridine rings is 1. The molecule has 1 amide bonds. The zero-order valence-corrected chi connectivity index (χ0v) is 29.1. The molecule has 2 aromatic carbocycles. The Hall–Kier alpha value is -4.10. The third kappa shape index (κ3) is 7.88. The molecule has 3 fully saturated rings. The van der Waals surface area contributed by atoms with E-state index in [-0.39, 0.29) is 45.6 Å². The van der Waals surface area contributed by atoms with Crippen LogP contribution in [0.4, 0.5) is 14.9 Å². The van der Waals surface area contributed by atoms with Gasteiger partial charge in [0, 0.05) is 23.4 Å². The van der Waals surface area contributed by atoms with Crippen LogP contribution in [-0.4, -0.2) is 56.9 Å². The van der Waals surface area contributed by atoms with E-state index in [1.807, 2.05) is 0 Å². The first-order chi connectivity index (χ1) is 23.6. The zero-order valence-electron chi connectivity index (χ0n) is 26.8. The molecule has 49 heavy (non-hydrogen) atoms. The minimum absolute atomic E-state index is 0.0254. The van der Waals surface area contributed by atoms with Gasteiger partial charge in [-0.25, -0.2) is 14.0 Å². The first-order valence-electron chi connectivity index (χ1n) is 15.7. The molecule has 2 aromatic heterocycles. The maximum Gasteiger partial charge on any atom is 0.415 e. The number of anilines is 1. The van der Waals surface area contributed by atoms with E-state index in [1.165, 1.54) is 43.6 Å². The Morgan fingerprint density at radius 1 is 1.04 bits per heavy atom. The molecule has 14 heteroatoms. The van der Waals surface area contributed by atoms with Crippen molar-refractivity contribution in [2.45, 2.75) is 38.0 Å². The molecule has 10 nitrogen and oxygen atoms in total. The minimum Gasteiger partial charge on any atom is -0.619 e. The Kier molecular flexibility index (Phi) is 10.8. The van der Waals surface area contributed by atoms with Crippen molar-refractivity contribution < 1.29 is 37.7 Å². The van der Waals surface area contributed by atoms with Crippen LogP contribution in [0.3, 0.4) is 0 Å². The third-order valence-electron chi connectivity index (χ3n) is 8.86. The van der Waals surface area contributed by atoms with Crippen LogP contribution in [0.25, 0.3) is 0 Å². The molecule has 0 N–H and O–H groups in total. The fraction of sp³-hybridized carbons (Fsp3) is 0.343. The van der Waals surface area contributed by atoms with Gasteiger partial charge in [0.25, 0.3) is 0 Å². The van der Waals surface area contributed by atoms with Crippen LogP contribution in [0.15, 0.2) is 67.0 Å². The molecule has 4 aromatic rings. The largest absolute Gasteiger partial charge is 0.619 e. The van der Waals surface area contributed by atoms with Gasteiger partial charge in [-0.3, -0.25) is 9.80 Å². The van der Waals surface area contributed by atoms with Crippen molar-refractivity contribution in [2.75, 3.05) is 38.8 Å². The molecule has 0 aliphatic carbocycles. The van der Waals surface area contributed by atoms with Crippen molar-refractivity contribution >= 4 is 52.3 Å². The molecule has 0 radical (unpaired) electrons. The molecule has 258 valence electrons. The number of para-hydroxylation sites is 1. The number of aromatic nitrogens is 1. The maximum atomic E-state index is 15.0. The number of nitrogens with zero attached hydrogens (tertiary/aromatic N) is 3. The van der Waals surface area contributed by atoms with Crippen LogP contribution < -0.4 is 19.1 Å². The molecule has 0 unspecified atom stereocenters. The maximum absolute atomic E-state index is 15.0. The van der Waals surface area contributed by atoms with E-state index in [9.17, 15) is 14.8 Å². The van der Waals surface area contributed by atoms with E-state index in [0.29, 0.717) is 38.8 Å². The van der Waals surface area contributed by atoms with E-state index in [0.717, 1.165) is 37.3 Å². The fourth-order valence-electron chi connectivity index (χ4n) is 6.26. The highest BCUT2D eigenvalue weighted by Gasteiger charge is 2.38. The van der Waals surface area contributed by atoms with E-state index < -0.39 is 24.0 Å².